The Morgan fingerprint density at radius 1 is 0.393 bits per heavy atom. The van der Waals surface area contributed by atoms with Gasteiger partial charge in [-0.2, -0.15) is 0 Å². The van der Waals surface area contributed by atoms with Crippen molar-refractivity contribution in [2.75, 3.05) is 0 Å². The molecule has 1 heterocycles. The van der Waals surface area contributed by atoms with E-state index in [1.165, 1.54) is 22.3 Å². The van der Waals surface area contributed by atoms with Crippen LogP contribution in [-0.4, -0.2) is 4.98 Å². The zero-order valence-corrected chi connectivity index (χ0v) is 15.4. The minimum atomic E-state index is 0.998. The van der Waals surface area contributed by atoms with E-state index in [1.54, 1.807) is 0 Å². The molecular weight excluding hydrogens is 338 g/mol. The summed E-state index contributed by atoms with van der Waals surface area (Å²) in [5.74, 6) is 0. The third-order valence-corrected chi connectivity index (χ3v) is 5.06. The number of fused-ring (bicyclic) bond motifs is 1. The van der Waals surface area contributed by atoms with E-state index in [-0.39, 0.29) is 0 Å². The van der Waals surface area contributed by atoms with E-state index < -0.39 is 0 Å². The second kappa shape index (κ2) is 7.13. The molecule has 0 amide bonds. The van der Waals surface area contributed by atoms with Gasteiger partial charge in [0.2, 0.25) is 0 Å². The number of pyridine rings is 1. The van der Waals surface area contributed by atoms with Gasteiger partial charge in [0.25, 0.3) is 0 Å². The monoisotopic (exact) mass is 357 g/mol. The van der Waals surface area contributed by atoms with Crippen LogP contribution in [-0.2, 0) is 0 Å². The Balaban J connectivity index is 1.54. The Morgan fingerprint density at radius 3 is 1.71 bits per heavy atom. The molecule has 0 unspecified atom stereocenters. The minimum Gasteiger partial charge on any atom is -0.248 e. The molecule has 0 radical (unpaired) electrons. The summed E-state index contributed by atoms with van der Waals surface area (Å²) in [6.45, 7) is 0. The lowest BCUT2D eigenvalue weighted by atomic mass is 10.0. The molecule has 5 rings (SSSR count). The van der Waals surface area contributed by atoms with Gasteiger partial charge in [0, 0.05) is 10.9 Å². The largest absolute Gasteiger partial charge is 0.248 e. The van der Waals surface area contributed by atoms with Gasteiger partial charge in [-0.25, -0.2) is 4.98 Å². The van der Waals surface area contributed by atoms with Crippen molar-refractivity contribution in [3.05, 3.63) is 115 Å². The first-order chi connectivity index (χ1) is 13.9. The van der Waals surface area contributed by atoms with Crippen LogP contribution >= 0.6 is 0 Å². The van der Waals surface area contributed by atoms with Gasteiger partial charge in [-0.15, -0.1) is 0 Å². The van der Waals surface area contributed by atoms with E-state index in [0.29, 0.717) is 0 Å². The lowest BCUT2D eigenvalue weighted by molar-refractivity contribution is 1.40. The van der Waals surface area contributed by atoms with Crippen molar-refractivity contribution in [1.82, 2.24) is 4.98 Å². The Morgan fingerprint density at radius 2 is 1.00 bits per heavy atom. The fourth-order valence-electron chi connectivity index (χ4n) is 3.59. The summed E-state index contributed by atoms with van der Waals surface area (Å²) in [7, 11) is 0. The van der Waals surface area contributed by atoms with Crippen molar-refractivity contribution in [3.8, 4) is 33.5 Å². The van der Waals surface area contributed by atoms with Gasteiger partial charge in [-0.05, 0) is 46.5 Å². The molecule has 0 aliphatic rings. The molecule has 132 valence electrons. The molecule has 5 aromatic rings. The molecule has 0 fully saturated rings. The molecule has 0 N–H and O–H groups in total. The molecule has 1 heteroatoms. The van der Waals surface area contributed by atoms with Crippen LogP contribution in [0.1, 0.15) is 0 Å². The summed E-state index contributed by atoms with van der Waals surface area (Å²) in [5.41, 5.74) is 8.02. The number of hydrogen-bond donors (Lipinski definition) is 0. The average Bonchev–Trinajstić information content (AvgIpc) is 2.80. The van der Waals surface area contributed by atoms with Crippen LogP contribution in [0.3, 0.4) is 0 Å². The molecular formula is C27H19N. The van der Waals surface area contributed by atoms with E-state index in [1.807, 2.05) is 12.1 Å². The highest BCUT2D eigenvalue weighted by Gasteiger charge is 2.05. The molecule has 0 saturated heterocycles. The fourth-order valence-corrected chi connectivity index (χ4v) is 3.59. The maximum Gasteiger partial charge on any atom is 0.0709 e. The summed E-state index contributed by atoms with van der Waals surface area (Å²) in [4.78, 5) is 4.92. The topological polar surface area (TPSA) is 12.9 Å². The van der Waals surface area contributed by atoms with Gasteiger partial charge in [0.1, 0.15) is 0 Å². The maximum atomic E-state index is 4.92. The molecule has 0 aliphatic carbocycles. The van der Waals surface area contributed by atoms with Crippen LogP contribution < -0.4 is 0 Å². The van der Waals surface area contributed by atoms with Crippen molar-refractivity contribution in [2.45, 2.75) is 0 Å². The van der Waals surface area contributed by atoms with Gasteiger partial charge in [0.15, 0.2) is 0 Å². The Bertz CT molecular complexity index is 1240. The quantitative estimate of drug-likeness (QED) is 0.332. The predicted octanol–water partition coefficient (Wildman–Crippen LogP) is 7.24. The predicted molar refractivity (Wildman–Crippen MR) is 118 cm³/mol. The highest BCUT2D eigenvalue weighted by atomic mass is 14.7. The van der Waals surface area contributed by atoms with Crippen molar-refractivity contribution in [3.63, 3.8) is 0 Å². The molecule has 28 heavy (non-hydrogen) atoms. The number of benzene rings is 4. The fraction of sp³-hybridized carbons (Fsp3) is 0. The molecule has 0 bridgehead atoms. The summed E-state index contributed by atoms with van der Waals surface area (Å²) in [6.07, 6.45) is 0. The van der Waals surface area contributed by atoms with E-state index in [2.05, 4.69) is 103 Å². The van der Waals surface area contributed by atoms with Gasteiger partial charge in [-0.1, -0.05) is 91.0 Å². The molecule has 4 aromatic carbocycles. The normalized spacial score (nSPS) is 10.9. The van der Waals surface area contributed by atoms with Gasteiger partial charge in [-0.3, -0.25) is 0 Å². The molecule has 0 atom stereocenters. The zero-order valence-electron chi connectivity index (χ0n) is 15.4. The standard InChI is InChI=1S/C27H19N/c1-3-8-20(9-4-1)22-12-7-13-24(18-22)26-17-15-25-19-23(14-16-27(25)28-26)21-10-5-2-6-11-21/h1-19H. The zero-order chi connectivity index (χ0) is 18.8. The third-order valence-electron chi connectivity index (χ3n) is 5.06. The molecule has 0 spiro atoms. The van der Waals surface area contributed by atoms with E-state index in [4.69, 9.17) is 4.98 Å². The van der Waals surface area contributed by atoms with Crippen LogP contribution in [0.25, 0.3) is 44.4 Å². The number of hydrogen-bond acceptors (Lipinski definition) is 1. The van der Waals surface area contributed by atoms with Crippen molar-refractivity contribution in [2.24, 2.45) is 0 Å². The first kappa shape index (κ1) is 16.5. The molecule has 1 nitrogen and oxygen atoms in total. The van der Waals surface area contributed by atoms with E-state index in [0.717, 1.165) is 22.2 Å². The van der Waals surface area contributed by atoms with Crippen LogP contribution in [0, 0.1) is 0 Å². The van der Waals surface area contributed by atoms with Crippen molar-refractivity contribution >= 4 is 10.9 Å². The number of nitrogens with zero attached hydrogens (tertiary/aromatic N) is 1. The number of rotatable bonds is 3. The van der Waals surface area contributed by atoms with Gasteiger partial charge in [0.05, 0.1) is 11.2 Å². The summed E-state index contributed by atoms with van der Waals surface area (Å²) in [5, 5.41) is 1.16. The highest BCUT2D eigenvalue weighted by Crippen LogP contribution is 2.28. The SMILES string of the molecule is c1ccc(-c2cccc(-c3ccc4cc(-c5ccccc5)ccc4n3)c2)cc1. The lowest BCUT2D eigenvalue weighted by Gasteiger charge is -2.08. The Labute approximate surface area is 165 Å². The molecule has 0 saturated carbocycles. The minimum absolute atomic E-state index is 0.998. The molecule has 1 aromatic heterocycles. The van der Waals surface area contributed by atoms with E-state index >= 15 is 0 Å². The smallest absolute Gasteiger partial charge is 0.0709 e. The van der Waals surface area contributed by atoms with Crippen molar-refractivity contribution < 1.29 is 0 Å². The summed E-state index contributed by atoms with van der Waals surface area (Å²) in [6, 6.07) is 40.2. The maximum absolute atomic E-state index is 4.92. The third kappa shape index (κ3) is 3.19. The first-order valence-corrected chi connectivity index (χ1v) is 9.49. The summed E-state index contributed by atoms with van der Waals surface area (Å²) >= 11 is 0. The van der Waals surface area contributed by atoms with Crippen molar-refractivity contribution in [1.29, 1.82) is 0 Å². The first-order valence-electron chi connectivity index (χ1n) is 9.49. The second-order valence-electron chi connectivity index (χ2n) is 6.92. The summed E-state index contributed by atoms with van der Waals surface area (Å²) < 4.78 is 0. The molecule has 0 aliphatic heterocycles. The number of aromatic nitrogens is 1. The Hall–Kier alpha value is -3.71. The van der Waals surface area contributed by atoms with Gasteiger partial charge >= 0.3 is 0 Å². The highest BCUT2D eigenvalue weighted by molar-refractivity contribution is 5.86. The van der Waals surface area contributed by atoms with Crippen LogP contribution in [0.2, 0.25) is 0 Å². The second-order valence-corrected chi connectivity index (χ2v) is 6.92. The van der Waals surface area contributed by atoms with Crippen LogP contribution in [0.4, 0.5) is 0 Å². The Kier molecular flexibility index (Phi) is 4.19. The van der Waals surface area contributed by atoms with E-state index in [9.17, 15) is 0 Å². The van der Waals surface area contributed by atoms with Crippen LogP contribution in [0.15, 0.2) is 115 Å². The lowest BCUT2D eigenvalue weighted by Crippen LogP contribution is -1.87. The average molecular weight is 357 g/mol. The van der Waals surface area contributed by atoms with Crippen LogP contribution in [0.5, 0.6) is 0 Å². The van der Waals surface area contributed by atoms with Gasteiger partial charge < -0.3 is 0 Å².